The Morgan fingerprint density at radius 1 is 1.40 bits per heavy atom. The largest absolute Gasteiger partial charge is 0.478 e. The third-order valence-electron chi connectivity index (χ3n) is 2.40. The zero-order valence-corrected chi connectivity index (χ0v) is 9.20. The van der Waals surface area contributed by atoms with Crippen LogP contribution in [0.5, 0.6) is 0 Å². The van der Waals surface area contributed by atoms with E-state index in [0.717, 1.165) is 0 Å². The Morgan fingerprint density at radius 3 is 2.47 bits per heavy atom. The molecule has 0 heterocycles. The van der Waals surface area contributed by atoms with E-state index in [2.05, 4.69) is 0 Å². The Balaban J connectivity index is 3.18. The van der Waals surface area contributed by atoms with Crippen molar-refractivity contribution < 1.29 is 14.7 Å². The Hall–Kier alpha value is -1.58. The van der Waals surface area contributed by atoms with Crippen LogP contribution < -0.4 is 0 Å². The number of rotatable bonds is 2. The van der Waals surface area contributed by atoms with Crippen molar-refractivity contribution in [2.75, 3.05) is 14.1 Å². The van der Waals surface area contributed by atoms with Crippen LogP contribution in [0.3, 0.4) is 0 Å². The molecule has 0 aromatic heterocycles. The van der Waals surface area contributed by atoms with Gasteiger partial charge in [-0.1, -0.05) is 0 Å². The van der Waals surface area contributed by atoms with Crippen molar-refractivity contribution in [1.29, 1.82) is 0 Å². The van der Waals surface area contributed by atoms with Crippen molar-refractivity contribution in [3.63, 3.8) is 0 Å². The van der Waals surface area contributed by atoms with E-state index in [4.69, 9.17) is 5.11 Å². The van der Waals surface area contributed by atoms with E-state index in [9.17, 15) is 9.59 Å². The molecule has 1 aliphatic rings. The molecule has 0 unspecified atom stereocenters. The van der Waals surface area contributed by atoms with Crippen molar-refractivity contribution in [1.82, 2.24) is 4.90 Å². The number of carboxylic acid groups (broad SMARTS) is 1. The van der Waals surface area contributed by atoms with Crippen LogP contribution in [-0.2, 0) is 9.59 Å². The molecule has 0 saturated carbocycles. The zero-order chi connectivity index (χ0) is 11.6. The summed E-state index contributed by atoms with van der Waals surface area (Å²) in [6.07, 6.45) is 2.31. The molecule has 82 valence electrons. The molecular formula is C11H15NO3. The van der Waals surface area contributed by atoms with Gasteiger partial charge >= 0.3 is 5.97 Å². The molecule has 0 aliphatic heterocycles. The second-order valence-corrected chi connectivity index (χ2v) is 3.84. The maximum Gasteiger partial charge on any atom is 0.331 e. The number of hydrogen-bond donors (Lipinski definition) is 1. The van der Waals surface area contributed by atoms with E-state index in [0.29, 0.717) is 29.6 Å². The molecule has 0 atom stereocenters. The molecule has 0 fully saturated rings. The van der Waals surface area contributed by atoms with Gasteiger partial charge < -0.3 is 10.0 Å². The van der Waals surface area contributed by atoms with Crippen LogP contribution in [0.4, 0.5) is 0 Å². The highest BCUT2D eigenvalue weighted by Gasteiger charge is 2.24. The Bertz CT molecular complexity index is 364. The maximum atomic E-state index is 11.6. The quantitative estimate of drug-likeness (QED) is 0.694. The van der Waals surface area contributed by atoms with Gasteiger partial charge in [-0.2, -0.15) is 0 Å². The molecule has 0 radical (unpaired) electrons. The molecule has 1 rings (SSSR count). The first-order valence-electron chi connectivity index (χ1n) is 4.78. The van der Waals surface area contributed by atoms with E-state index >= 15 is 0 Å². The number of carbonyl (C=O) groups excluding carboxylic acids is 1. The highest BCUT2D eigenvalue weighted by atomic mass is 16.4. The second kappa shape index (κ2) is 4.29. The van der Waals surface area contributed by atoms with Gasteiger partial charge in [0.2, 0.25) is 0 Å². The van der Waals surface area contributed by atoms with Gasteiger partial charge in [-0.3, -0.25) is 4.79 Å². The third-order valence-corrected chi connectivity index (χ3v) is 2.40. The van der Waals surface area contributed by atoms with Crippen LogP contribution in [0, 0.1) is 0 Å². The lowest BCUT2D eigenvalue weighted by Crippen LogP contribution is -2.19. The number of carboxylic acids is 1. The van der Waals surface area contributed by atoms with E-state index in [1.54, 1.807) is 18.0 Å². The SMILES string of the molecule is CC1=C(C(=O)O)CCC(=O)C1=CN(C)C. The highest BCUT2D eigenvalue weighted by Crippen LogP contribution is 2.27. The molecule has 0 amide bonds. The molecule has 0 aromatic rings. The average molecular weight is 209 g/mol. The molecule has 0 bridgehead atoms. The van der Waals surface area contributed by atoms with Crippen LogP contribution in [0.15, 0.2) is 22.9 Å². The fourth-order valence-electron chi connectivity index (χ4n) is 1.63. The van der Waals surface area contributed by atoms with Gasteiger partial charge in [0.1, 0.15) is 0 Å². The number of Topliss-reactive ketones (excluding diaryl/α,β-unsaturated/α-hetero) is 1. The van der Waals surface area contributed by atoms with Crippen LogP contribution in [0.25, 0.3) is 0 Å². The summed E-state index contributed by atoms with van der Waals surface area (Å²) >= 11 is 0. The first kappa shape index (κ1) is 11.5. The number of aliphatic carboxylic acids is 1. The van der Waals surface area contributed by atoms with Crippen LogP contribution >= 0.6 is 0 Å². The summed E-state index contributed by atoms with van der Waals surface area (Å²) in [4.78, 5) is 24.2. The van der Waals surface area contributed by atoms with Crippen LogP contribution in [0.1, 0.15) is 19.8 Å². The van der Waals surface area contributed by atoms with E-state index in [1.807, 2.05) is 14.1 Å². The van der Waals surface area contributed by atoms with Crippen molar-refractivity contribution >= 4 is 11.8 Å². The third kappa shape index (κ3) is 2.46. The minimum Gasteiger partial charge on any atom is -0.478 e. The summed E-state index contributed by atoms with van der Waals surface area (Å²) < 4.78 is 0. The van der Waals surface area contributed by atoms with E-state index in [1.165, 1.54) is 0 Å². The summed E-state index contributed by atoms with van der Waals surface area (Å²) in [6.45, 7) is 1.69. The minimum atomic E-state index is -0.926. The zero-order valence-electron chi connectivity index (χ0n) is 9.20. The van der Waals surface area contributed by atoms with E-state index < -0.39 is 5.97 Å². The highest BCUT2D eigenvalue weighted by molar-refractivity contribution is 6.05. The summed E-state index contributed by atoms with van der Waals surface area (Å²) in [5.74, 6) is -0.907. The van der Waals surface area contributed by atoms with Gasteiger partial charge in [-0.05, 0) is 18.9 Å². The predicted molar refractivity (Wildman–Crippen MR) is 56.3 cm³/mol. The maximum absolute atomic E-state index is 11.6. The monoisotopic (exact) mass is 209 g/mol. The summed E-state index contributed by atoms with van der Waals surface area (Å²) in [5, 5.41) is 8.94. The molecule has 4 heteroatoms. The lowest BCUT2D eigenvalue weighted by molar-refractivity contribution is -0.132. The number of hydrogen-bond acceptors (Lipinski definition) is 3. The van der Waals surface area contributed by atoms with Crippen LogP contribution in [0.2, 0.25) is 0 Å². The van der Waals surface area contributed by atoms with Gasteiger partial charge in [0.05, 0.1) is 0 Å². The molecule has 1 N–H and O–H groups in total. The smallest absolute Gasteiger partial charge is 0.331 e. The normalized spacial score (nSPS) is 19.7. The summed E-state index contributed by atoms with van der Waals surface area (Å²) in [7, 11) is 3.62. The lowest BCUT2D eigenvalue weighted by atomic mass is 9.87. The second-order valence-electron chi connectivity index (χ2n) is 3.84. The fraction of sp³-hybridized carbons (Fsp3) is 0.455. The molecule has 0 spiro atoms. The van der Waals surface area contributed by atoms with Crippen molar-refractivity contribution in [2.45, 2.75) is 19.8 Å². The lowest BCUT2D eigenvalue weighted by Gasteiger charge is -2.18. The van der Waals surface area contributed by atoms with Crippen molar-refractivity contribution in [3.05, 3.63) is 22.9 Å². The van der Waals surface area contributed by atoms with Crippen molar-refractivity contribution in [2.24, 2.45) is 0 Å². The fourth-order valence-corrected chi connectivity index (χ4v) is 1.63. The molecule has 1 aliphatic carbocycles. The van der Waals surface area contributed by atoms with Crippen molar-refractivity contribution in [3.8, 4) is 0 Å². The molecule has 15 heavy (non-hydrogen) atoms. The molecule has 0 aromatic carbocycles. The molecule has 0 saturated heterocycles. The predicted octanol–water partition coefficient (Wildman–Crippen LogP) is 1.20. The average Bonchev–Trinajstić information content (AvgIpc) is 2.11. The van der Waals surface area contributed by atoms with Gasteiger partial charge in [0, 0.05) is 37.9 Å². The Morgan fingerprint density at radius 2 is 2.00 bits per heavy atom. The number of allylic oxidation sites excluding steroid dienone is 2. The van der Waals surface area contributed by atoms with Gasteiger partial charge in [0.15, 0.2) is 5.78 Å². The number of nitrogens with zero attached hydrogens (tertiary/aromatic N) is 1. The number of carbonyl (C=O) groups is 2. The van der Waals surface area contributed by atoms with E-state index in [-0.39, 0.29) is 5.78 Å². The first-order chi connectivity index (χ1) is 6.93. The molecule has 4 nitrogen and oxygen atoms in total. The minimum absolute atomic E-state index is 0.0196. The Kier molecular flexibility index (Phi) is 3.29. The van der Waals surface area contributed by atoms with Gasteiger partial charge in [-0.15, -0.1) is 0 Å². The van der Waals surface area contributed by atoms with Gasteiger partial charge in [0.25, 0.3) is 0 Å². The summed E-state index contributed by atoms with van der Waals surface area (Å²) in [6, 6.07) is 0. The molecular weight excluding hydrogens is 194 g/mol. The summed E-state index contributed by atoms with van der Waals surface area (Å²) in [5.41, 5.74) is 1.46. The Labute approximate surface area is 88.9 Å². The van der Waals surface area contributed by atoms with Crippen LogP contribution in [-0.4, -0.2) is 35.9 Å². The first-order valence-corrected chi connectivity index (χ1v) is 4.78. The standard InChI is InChI=1S/C11H15NO3/c1-7-8(11(14)15)4-5-10(13)9(7)6-12(2)3/h6H,4-5H2,1-3H3,(H,14,15). The topological polar surface area (TPSA) is 57.6 Å². The number of ketones is 1. The van der Waals surface area contributed by atoms with Gasteiger partial charge in [-0.25, -0.2) is 4.79 Å².